The molecule has 0 aromatic rings. The first-order valence-corrected chi connectivity index (χ1v) is 2.19. The van der Waals surface area contributed by atoms with Crippen molar-refractivity contribution in [3.63, 3.8) is 0 Å². The second kappa shape index (κ2) is 5.85. The van der Waals surface area contributed by atoms with Crippen LogP contribution in [0.2, 0.25) is 0 Å². The number of aliphatic carboxylic acids is 1. The molecule has 0 aromatic heterocycles. The smallest absolute Gasteiger partial charge is 0.348 e. The molecule has 5 heteroatoms. The third-order valence-corrected chi connectivity index (χ3v) is 0.901. The Labute approximate surface area is 77.0 Å². The number of hydrogen-bond donors (Lipinski definition) is 1. The van der Waals surface area contributed by atoms with Crippen molar-refractivity contribution in [1.29, 1.82) is 0 Å². The van der Waals surface area contributed by atoms with Gasteiger partial charge in [0.25, 0.3) is 0 Å². The van der Waals surface area contributed by atoms with Crippen LogP contribution in [0.5, 0.6) is 0 Å². The Morgan fingerprint density at radius 3 is 2.00 bits per heavy atom. The molecule has 0 unspecified atom stereocenters. The molecule has 0 aliphatic rings. The second-order valence-electron chi connectivity index (χ2n) is 0.762. The van der Waals surface area contributed by atoms with Gasteiger partial charge in [0.2, 0.25) is 0 Å². The van der Waals surface area contributed by atoms with Gasteiger partial charge in [-0.2, -0.15) is 0 Å². The molecule has 0 fully saturated rings. The third kappa shape index (κ3) is 4.87. The predicted molar refractivity (Wildman–Crippen MR) is 27.4 cm³/mol. The summed E-state index contributed by atoms with van der Waals surface area (Å²) in [5.74, 6) is -1.21. The number of carboxylic acid groups (broad SMARTS) is 1. The first kappa shape index (κ1) is 11.5. The van der Waals surface area contributed by atoms with Crippen LogP contribution in [-0.4, -0.2) is 11.1 Å². The summed E-state index contributed by atoms with van der Waals surface area (Å²) in [4.78, 5) is 9.65. The SMILES string of the molecule is O=C(O)C(Cl)=CCl.[Hg]. The maximum atomic E-state index is 9.65. The van der Waals surface area contributed by atoms with E-state index in [1.165, 1.54) is 0 Å². The van der Waals surface area contributed by atoms with E-state index in [0.717, 1.165) is 5.54 Å². The fraction of sp³-hybridized carbons (Fsp3) is 0. The average molecular weight is 342 g/mol. The zero-order chi connectivity index (χ0) is 5.86. The van der Waals surface area contributed by atoms with Crippen molar-refractivity contribution in [3.8, 4) is 0 Å². The summed E-state index contributed by atoms with van der Waals surface area (Å²) in [5.41, 5.74) is 0.796. The summed E-state index contributed by atoms with van der Waals surface area (Å²) < 4.78 is 0. The van der Waals surface area contributed by atoms with Crippen molar-refractivity contribution in [1.82, 2.24) is 0 Å². The van der Waals surface area contributed by atoms with Crippen molar-refractivity contribution in [3.05, 3.63) is 10.6 Å². The number of carbonyl (C=O) groups is 1. The molecule has 0 atom stereocenters. The van der Waals surface area contributed by atoms with Gasteiger partial charge in [-0.1, -0.05) is 23.2 Å². The van der Waals surface area contributed by atoms with Crippen molar-refractivity contribution >= 4 is 29.2 Å². The Bertz CT molecular complexity index is 112. The molecule has 0 aromatic carbocycles. The van der Waals surface area contributed by atoms with Gasteiger partial charge < -0.3 is 5.11 Å². The fourth-order valence-electron chi connectivity index (χ4n) is 0.0467. The van der Waals surface area contributed by atoms with Crippen LogP contribution in [0, 0.1) is 0 Å². The van der Waals surface area contributed by atoms with Crippen LogP contribution in [0.1, 0.15) is 0 Å². The van der Waals surface area contributed by atoms with Crippen LogP contribution in [-0.2, 0) is 32.5 Å². The molecule has 0 amide bonds. The van der Waals surface area contributed by atoms with Crippen LogP contribution >= 0.6 is 23.2 Å². The summed E-state index contributed by atoms with van der Waals surface area (Å²) in [6.07, 6.45) is 0. The number of hydrogen-bond acceptors (Lipinski definition) is 1. The van der Waals surface area contributed by atoms with Gasteiger partial charge in [0.1, 0.15) is 5.03 Å². The van der Waals surface area contributed by atoms with Gasteiger partial charge in [-0.25, -0.2) is 4.79 Å². The molecule has 8 heavy (non-hydrogen) atoms. The molecule has 0 aliphatic carbocycles. The Balaban J connectivity index is 0. The zero-order valence-corrected chi connectivity index (χ0v) is 10.9. The summed E-state index contributed by atoms with van der Waals surface area (Å²) >= 11 is 9.80. The standard InChI is InChI=1S/C3H2Cl2O2.Hg/c4-1-2(5)3(6)7;/h1H,(H,6,7);. The fourth-order valence-corrected chi connectivity index (χ4v) is 0.140. The van der Waals surface area contributed by atoms with E-state index in [9.17, 15) is 4.79 Å². The van der Waals surface area contributed by atoms with Crippen molar-refractivity contribution in [2.24, 2.45) is 0 Å². The minimum absolute atomic E-state index is 0. The average Bonchev–Trinajstić information content (AvgIpc) is 1.65. The van der Waals surface area contributed by atoms with Crippen molar-refractivity contribution in [2.75, 3.05) is 0 Å². The monoisotopic (exact) mass is 342 g/mol. The first-order valence-electron chi connectivity index (χ1n) is 1.37. The van der Waals surface area contributed by atoms with Gasteiger partial charge in [0, 0.05) is 33.2 Å². The molecular weight excluding hydrogens is 340 g/mol. The van der Waals surface area contributed by atoms with Gasteiger partial charge >= 0.3 is 5.97 Å². The molecule has 2 nitrogen and oxygen atoms in total. The van der Waals surface area contributed by atoms with E-state index in [1.54, 1.807) is 0 Å². The van der Waals surface area contributed by atoms with Crippen LogP contribution in [0.4, 0.5) is 0 Å². The van der Waals surface area contributed by atoms with E-state index in [2.05, 4.69) is 0 Å². The van der Waals surface area contributed by atoms with E-state index < -0.39 is 5.97 Å². The summed E-state index contributed by atoms with van der Waals surface area (Å²) in [6.45, 7) is 0. The van der Waals surface area contributed by atoms with Crippen LogP contribution in [0.25, 0.3) is 0 Å². The normalized spacial score (nSPS) is 10.0. The van der Waals surface area contributed by atoms with Crippen molar-refractivity contribution in [2.45, 2.75) is 0 Å². The van der Waals surface area contributed by atoms with Crippen LogP contribution in [0.15, 0.2) is 10.6 Å². The van der Waals surface area contributed by atoms with E-state index in [0.29, 0.717) is 0 Å². The summed E-state index contributed by atoms with van der Waals surface area (Å²) in [7, 11) is 0. The predicted octanol–water partition coefficient (Wildman–Crippen LogP) is 1.39. The molecule has 0 bridgehead atoms. The number of carboxylic acids is 1. The molecular formula is C3H2Cl2HgO2. The quantitative estimate of drug-likeness (QED) is 0.578. The number of halogens is 2. The molecule has 0 spiro atoms. The Morgan fingerprint density at radius 2 is 2.00 bits per heavy atom. The van der Waals surface area contributed by atoms with Gasteiger partial charge in [0.05, 0.1) is 0 Å². The number of rotatable bonds is 1. The van der Waals surface area contributed by atoms with E-state index in [4.69, 9.17) is 28.3 Å². The van der Waals surface area contributed by atoms with Crippen LogP contribution < -0.4 is 0 Å². The summed E-state index contributed by atoms with van der Waals surface area (Å²) in [6, 6.07) is 0. The summed E-state index contributed by atoms with van der Waals surface area (Å²) in [5, 5.41) is 7.52. The van der Waals surface area contributed by atoms with Crippen LogP contribution in [0.3, 0.4) is 0 Å². The molecule has 0 heterocycles. The third-order valence-electron chi connectivity index (χ3n) is 0.300. The first-order chi connectivity index (χ1) is 3.18. The topological polar surface area (TPSA) is 37.3 Å². The molecule has 1 N–H and O–H groups in total. The maximum absolute atomic E-state index is 9.65. The van der Waals surface area contributed by atoms with Gasteiger partial charge in [-0.05, 0) is 0 Å². The van der Waals surface area contributed by atoms with Gasteiger partial charge in [-0.3, -0.25) is 0 Å². The molecule has 0 saturated carbocycles. The molecule has 0 radical (unpaired) electrons. The minimum atomic E-state index is -1.21. The van der Waals surface area contributed by atoms with Gasteiger partial charge in [0.15, 0.2) is 0 Å². The minimum Gasteiger partial charge on any atom is -0.477 e. The van der Waals surface area contributed by atoms with E-state index in [1.807, 2.05) is 0 Å². The largest absolute Gasteiger partial charge is 0.477 e. The van der Waals surface area contributed by atoms with Gasteiger partial charge in [-0.15, -0.1) is 0 Å². The Kier molecular flexibility index (Phi) is 8.43. The van der Waals surface area contributed by atoms with E-state index in [-0.39, 0.29) is 32.7 Å². The molecule has 0 rings (SSSR count). The molecule has 42 valence electrons. The van der Waals surface area contributed by atoms with E-state index >= 15 is 0 Å². The molecule has 0 saturated heterocycles. The van der Waals surface area contributed by atoms with Crippen molar-refractivity contribution < 1.29 is 37.6 Å². The molecule has 0 aliphatic heterocycles. The Hall–Kier alpha value is 0.725. The Morgan fingerprint density at radius 1 is 1.62 bits per heavy atom. The zero-order valence-electron chi connectivity index (χ0n) is 3.90. The maximum Gasteiger partial charge on any atom is 0.348 e. The second-order valence-corrected chi connectivity index (χ2v) is 1.39.